The Morgan fingerprint density at radius 3 is 2.65 bits per heavy atom. The summed E-state index contributed by atoms with van der Waals surface area (Å²) >= 11 is 0. The Kier molecular flexibility index (Phi) is 5.18. The van der Waals surface area contributed by atoms with E-state index in [4.69, 9.17) is 0 Å². The molecule has 1 saturated carbocycles. The van der Waals surface area contributed by atoms with Gasteiger partial charge in [0.25, 0.3) is 5.62 Å². The van der Waals surface area contributed by atoms with Crippen LogP contribution in [0.4, 0.5) is 19.1 Å². The maximum Gasteiger partial charge on any atom is 0.573 e. The molecule has 0 unspecified atom stereocenters. The van der Waals surface area contributed by atoms with Crippen LogP contribution in [0, 0.1) is 0 Å². The van der Waals surface area contributed by atoms with Gasteiger partial charge in [0, 0.05) is 11.8 Å². The summed E-state index contributed by atoms with van der Waals surface area (Å²) < 4.78 is 42.3. The lowest BCUT2D eigenvalue weighted by molar-refractivity contribution is -0.274. The van der Waals surface area contributed by atoms with Gasteiger partial charge in [-0.25, -0.2) is 9.79 Å². The number of ether oxygens (including phenoxy) is 1. The number of hydrogen-bond acceptors (Lipinski definition) is 8. The highest BCUT2D eigenvalue weighted by Crippen LogP contribution is 2.23. The Balaban J connectivity index is 1.46. The van der Waals surface area contributed by atoms with Crippen molar-refractivity contribution < 1.29 is 23.0 Å². The van der Waals surface area contributed by atoms with E-state index in [0.717, 1.165) is 12.8 Å². The molecule has 1 aliphatic rings. The molecular weight excluding hydrogens is 457 g/mol. The van der Waals surface area contributed by atoms with Crippen LogP contribution in [0.3, 0.4) is 0 Å². The smallest absolute Gasteiger partial charge is 0.493 e. The van der Waals surface area contributed by atoms with E-state index >= 15 is 0 Å². The molecule has 0 spiro atoms. The standard InChI is InChI=1S/C20H17F3N8O3/c21-20(22,23)34-13-5-1-10(2-6-13)8-24-17-28-15-11(7-14-16(32)29-19(33)27-14)9-25-31(15)18(30-17)26-12-3-4-12/h1-2,5-7,9,12,32H,3-4,8H2,(H,24,26,30)(H2,27,29,33). The van der Waals surface area contributed by atoms with Gasteiger partial charge in [0.1, 0.15) is 11.4 Å². The maximum atomic E-state index is 12.3. The van der Waals surface area contributed by atoms with Crippen LogP contribution in [0.15, 0.2) is 40.2 Å². The zero-order chi connectivity index (χ0) is 23.9. The number of rotatable bonds is 6. The monoisotopic (exact) mass is 474 g/mol. The molecule has 3 heterocycles. The number of aromatic hydroxyl groups is 1. The molecule has 1 aromatic carbocycles. The molecule has 0 atom stereocenters. The Hall–Kier alpha value is -4.36. The number of hydrogen-bond donors (Lipinski definition) is 4. The molecule has 4 aromatic rings. The molecule has 0 aliphatic heterocycles. The fourth-order valence-electron chi connectivity index (χ4n) is 3.15. The van der Waals surface area contributed by atoms with E-state index in [0.29, 0.717) is 22.0 Å². The van der Waals surface area contributed by atoms with Crippen LogP contribution < -0.4 is 26.6 Å². The minimum absolute atomic E-state index is 0.147. The Morgan fingerprint density at radius 1 is 1.24 bits per heavy atom. The molecule has 11 nitrogen and oxygen atoms in total. The number of imidazole rings is 1. The molecule has 176 valence electrons. The number of aromatic nitrogens is 6. The van der Waals surface area contributed by atoms with Gasteiger partial charge in [-0.05, 0) is 36.6 Å². The highest BCUT2D eigenvalue weighted by molar-refractivity contribution is 5.57. The van der Waals surface area contributed by atoms with E-state index in [9.17, 15) is 23.1 Å². The second-order valence-electron chi connectivity index (χ2n) is 7.57. The van der Waals surface area contributed by atoms with Crippen molar-refractivity contribution in [2.75, 3.05) is 5.32 Å². The van der Waals surface area contributed by atoms with E-state index in [1.54, 1.807) is 0 Å². The van der Waals surface area contributed by atoms with Crippen molar-refractivity contribution in [3.8, 4) is 11.6 Å². The van der Waals surface area contributed by atoms with Gasteiger partial charge in [0.15, 0.2) is 5.65 Å². The molecule has 1 fully saturated rings. The molecule has 5 rings (SSSR count). The van der Waals surface area contributed by atoms with E-state index in [2.05, 4.69) is 40.1 Å². The first-order chi connectivity index (χ1) is 16.2. The number of alkyl halides is 3. The van der Waals surface area contributed by atoms with Crippen LogP contribution in [0.1, 0.15) is 24.1 Å². The van der Waals surface area contributed by atoms with E-state index < -0.39 is 12.1 Å². The zero-order valence-corrected chi connectivity index (χ0v) is 17.3. The van der Waals surface area contributed by atoms with Crippen LogP contribution in [-0.2, 0) is 6.54 Å². The van der Waals surface area contributed by atoms with Crippen LogP contribution in [-0.4, -0.2) is 47.1 Å². The predicted octanol–water partition coefficient (Wildman–Crippen LogP) is 0.968. The predicted molar refractivity (Wildman–Crippen MR) is 112 cm³/mol. The fraction of sp³-hybridized carbons (Fsp3) is 0.250. The van der Waals surface area contributed by atoms with Crippen LogP contribution in [0.25, 0.3) is 11.7 Å². The van der Waals surface area contributed by atoms with Gasteiger partial charge < -0.3 is 20.1 Å². The molecule has 1 aliphatic carbocycles. The van der Waals surface area contributed by atoms with Gasteiger partial charge in [0.2, 0.25) is 11.8 Å². The van der Waals surface area contributed by atoms with E-state index in [1.807, 2.05) is 0 Å². The maximum absolute atomic E-state index is 12.3. The van der Waals surface area contributed by atoms with Crippen LogP contribution in [0.5, 0.6) is 11.6 Å². The summed E-state index contributed by atoms with van der Waals surface area (Å²) in [4.78, 5) is 29.6. The van der Waals surface area contributed by atoms with Gasteiger partial charge >= 0.3 is 12.1 Å². The van der Waals surface area contributed by atoms with Crippen molar-refractivity contribution in [2.45, 2.75) is 31.8 Å². The number of fused-ring (bicyclic) bond motifs is 1. The number of nitrogens with zero attached hydrogens (tertiary/aromatic N) is 5. The van der Waals surface area contributed by atoms with Crippen molar-refractivity contribution in [3.63, 3.8) is 0 Å². The van der Waals surface area contributed by atoms with Crippen molar-refractivity contribution in [2.24, 2.45) is 4.99 Å². The summed E-state index contributed by atoms with van der Waals surface area (Å²) in [7, 11) is 0. The second-order valence-corrected chi connectivity index (χ2v) is 7.57. The minimum atomic E-state index is -4.76. The number of H-pyrrole nitrogens is 2. The number of nitrogens with one attached hydrogen (secondary N) is 3. The van der Waals surface area contributed by atoms with Crippen LogP contribution in [0.2, 0.25) is 0 Å². The van der Waals surface area contributed by atoms with Crippen molar-refractivity contribution in [1.29, 1.82) is 0 Å². The van der Waals surface area contributed by atoms with Gasteiger partial charge in [-0.2, -0.15) is 19.6 Å². The zero-order valence-electron chi connectivity index (χ0n) is 17.3. The lowest BCUT2D eigenvalue weighted by atomic mass is 10.2. The number of halogens is 3. The van der Waals surface area contributed by atoms with Gasteiger partial charge in [-0.3, -0.25) is 4.98 Å². The van der Waals surface area contributed by atoms with Crippen LogP contribution >= 0.6 is 0 Å². The first-order valence-electron chi connectivity index (χ1n) is 10.1. The Labute approximate surface area is 187 Å². The largest absolute Gasteiger partial charge is 0.573 e. The minimum Gasteiger partial charge on any atom is -0.493 e. The second kappa shape index (κ2) is 8.20. The normalized spacial score (nSPS) is 15.3. The Morgan fingerprint density at radius 2 is 2.00 bits per heavy atom. The third-order valence-corrected chi connectivity index (χ3v) is 4.87. The van der Waals surface area contributed by atoms with Crippen molar-refractivity contribution in [1.82, 2.24) is 29.5 Å². The molecule has 0 amide bonds. The lowest BCUT2D eigenvalue weighted by Gasteiger charge is -2.10. The fourth-order valence-corrected chi connectivity index (χ4v) is 3.15. The topological polar surface area (TPSA) is 146 Å². The molecule has 4 N–H and O–H groups in total. The average molecular weight is 474 g/mol. The molecule has 0 bridgehead atoms. The van der Waals surface area contributed by atoms with Gasteiger partial charge in [-0.1, -0.05) is 12.1 Å². The summed E-state index contributed by atoms with van der Waals surface area (Å²) in [6.07, 6.45) is 0.143. The summed E-state index contributed by atoms with van der Waals surface area (Å²) in [5.41, 5.74) is 0.986. The molecule has 0 saturated heterocycles. The third kappa shape index (κ3) is 4.84. The van der Waals surface area contributed by atoms with Gasteiger partial charge in [0.05, 0.1) is 12.2 Å². The summed E-state index contributed by atoms with van der Waals surface area (Å²) in [6.45, 7) is 0.227. The first kappa shape index (κ1) is 21.5. The molecule has 14 heteroatoms. The highest BCUT2D eigenvalue weighted by atomic mass is 19.4. The third-order valence-electron chi connectivity index (χ3n) is 4.87. The summed E-state index contributed by atoms with van der Waals surface area (Å²) in [6, 6.07) is 5.57. The van der Waals surface area contributed by atoms with E-state index in [1.165, 1.54) is 41.1 Å². The summed E-state index contributed by atoms with van der Waals surface area (Å²) in [5.74, 6) is -0.410. The lowest BCUT2D eigenvalue weighted by Crippen LogP contribution is -2.24. The molecule has 0 radical (unpaired) electrons. The highest BCUT2D eigenvalue weighted by Gasteiger charge is 2.31. The molecular formula is C20H17F3N8O3. The Bertz CT molecular complexity index is 1520. The number of anilines is 1. The summed E-state index contributed by atoms with van der Waals surface area (Å²) in [5, 5.41) is 17.7. The van der Waals surface area contributed by atoms with Gasteiger partial charge in [-0.15, -0.1) is 13.2 Å². The van der Waals surface area contributed by atoms with Crippen molar-refractivity contribution in [3.05, 3.63) is 63.0 Å². The van der Waals surface area contributed by atoms with Crippen molar-refractivity contribution >= 4 is 17.7 Å². The van der Waals surface area contributed by atoms with E-state index in [-0.39, 0.29) is 35.9 Å². The SMILES string of the molecule is O=c1[nH]c(O)c(C=c2cnn3c(=NC4CC4)nc(NCc4ccc(OC(F)(F)F)cc4)nc23)[nH]1. The number of benzene rings is 1. The average Bonchev–Trinajstić information content (AvgIpc) is 3.40. The molecule has 34 heavy (non-hydrogen) atoms. The quantitative estimate of drug-likeness (QED) is 0.326. The molecule has 3 aromatic heterocycles. The number of aromatic amines is 2. The first-order valence-corrected chi connectivity index (χ1v) is 10.1.